The Morgan fingerprint density at radius 1 is 0.889 bits per heavy atom. The van der Waals surface area contributed by atoms with Gasteiger partial charge in [-0.15, -0.1) is 0 Å². The summed E-state index contributed by atoms with van der Waals surface area (Å²) in [5, 5.41) is 0. The number of carbonyl (C=O) groups excluding carboxylic acids is 1. The van der Waals surface area contributed by atoms with Gasteiger partial charge in [0.15, 0.2) is 0 Å². The van der Waals surface area contributed by atoms with Crippen molar-refractivity contribution in [1.82, 2.24) is 0 Å². The zero-order chi connectivity index (χ0) is 12.4. The van der Waals surface area contributed by atoms with Crippen LogP contribution in [0.1, 0.15) is 23.2 Å². The smallest absolute Gasteiger partial charge is 0.258 e. The average Bonchev–Trinajstić information content (AvgIpc) is 3.26. The average molecular weight is 237 g/mol. The fourth-order valence-corrected chi connectivity index (χ4v) is 2.14. The van der Waals surface area contributed by atoms with Gasteiger partial charge in [0.25, 0.3) is 5.91 Å². The van der Waals surface area contributed by atoms with Crippen LogP contribution in [0.15, 0.2) is 60.7 Å². The van der Waals surface area contributed by atoms with Crippen molar-refractivity contribution in [3.05, 3.63) is 66.2 Å². The monoisotopic (exact) mass is 237 g/mol. The van der Waals surface area contributed by atoms with Gasteiger partial charge in [-0.3, -0.25) is 4.79 Å². The molecule has 2 aromatic rings. The number of amides is 1. The Morgan fingerprint density at radius 3 is 2.00 bits per heavy atom. The first-order valence-corrected chi connectivity index (χ1v) is 6.30. The molecule has 0 saturated heterocycles. The second-order valence-electron chi connectivity index (χ2n) is 4.61. The topological polar surface area (TPSA) is 20.3 Å². The molecule has 1 fully saturated rings. The van der Waals surface area contributed by atoms with Gasteiger partial charge in [-0.05, 0) is 37.1 Å². The van der Waals surface area contributed by atoms with Crippen LogP contribution in [0.25, 0.3) is 0 Å². The first-order valence-electron chi connectivity index (χ1n) is 6.30. The molecule has 3 rings (SSSR count). The minimum atomic E-state index is 0.101. The molecule has 1 aliphatic carbocycles. The third kappa shape index (κ3) is 2.14. The van der Waals surface area contributed by atoms with Gasteiger partial charge in [-0.1, -0.05) is 36.4 Å². The van der Waals surface area contributed by atoms with Crippen LogP contribution >= 0.6 is 0 Å². The first-order chi connectivity index (χ1) is 8.86. The van der Waals surface area contributed by atoms with E-state index in [4.69, 9.17) is 0 Å². The normalized spacial score (nSPS) is 14.2. The summed E-state index contributed by atoms with van der Waals surface area (Å²) in [5.41, 5.74) is 1.75. The Morgan fingerprint density at radius 2 is 1.44 bits per heavy atom. The minimum absolute atomic E-state index is 0.101. The molecule has 0 aliphatic heterocycles. The van der Waals surface area contributed by atoms with Gasteiger partial charge in [-0.2, -0.15) is 0 Å². The van der Waals surface area contributed by atoms with Gasteiger partial charge >= 0.3 is 0 Å². The first kappa shape index (κ1) is 11.0. The summed E-state index contributed by atoms with van der Waals surface area (Å²) in [6, 6.07) is 19.8. The third-order valence-electron chi connectivity index (χ3n) is 3.19. The lowest BCUT2D eigenvalue weighted by Gasteiger charge is -2.22. The van der Waals surface area contributed by atoms with Crippen molar-refractivity contribution in [2.75, 3.05) is 4.90 Å². The molecular formula is C16H15NO. The van der Waals surface area contributed by atoms with E-state index in [9.17, 15) is 4.79 Å². The van der Waals surface area contributed by atoms with Crippen molar-refractivity contribution in [2.24, 2.45) is 0 Å². The van der Waals surface area contributed by atoms with E-state index in [0.717, 1.165) is 24.1 Å². The van der Waals surface area contributed by atoms with Gasteiger partial charge in [0.05, 0.1) is 0 Å². The summed E-state index contributed by atoms with van der Waals surface area (Å²) in [5.74, 6) is 0.101. The molecule has 2 heteroatoms. The summed E-state index contributed by atoms with van der Waals surface area (Å²) < 4.78 is 0. The second kappa shape index (κ2) is 4.65. The standard InChI is InChI=1S/C16H15NO/c18-16(13-7-3-1-4-8-13)17(15-11-12-15)14-9-5-2-6-10-14/h1-10,15H,11-12H2. The highest BCUT2D eigenvalue weighted by atomic mass is 16.2. The van der Waals surface area contributed by atoms with Crippen LogP contribution < -0.4 is 4.90 Å². The van der Waals surface area contributed by atoms with Crippen LogP contribution in [-0.2, 0) is 0 Å². The lowest BCUT2D eigenvalue weighted by atomic mass is 10.1. The maximum Gasteiger partial charge on any atom is 0.258 e. The fourth-order valence-electron chi connectivity index (χ4n) is 2.14. The highest BCUT2D eigenvalue weighted by molar-refractivity contribution is 6.06. The Kier molecular flexibility index (Phi) is 2.85. The van der Waals surface area contributed by atoms with Crippen LogP contribution in [0.3, 0.4) is 0 Å². The highest BCUT2D eigenvalue weighted by Gasteiger charge is 2.33. The summed E-state index contributed by atoms with van der Waals surface area (Å²) in [6.45, 7) is 0. The predicted octanol–water partition coefficient (Wildman–Crippen LogP) is 3.50. The van der Waals surface area contributed by atoms with Crippen molar-refractivity contribution >= 4 is 11.6 Å². The Bertz CT molecular complexity index is 532. The number of para-hydroxylation sites is 1. The summed E-state index contributed by atoms with van der Waals surface area (Å²) >= 11 is 0. The molecule has 18 heavy (non-hydrogen) atoms. The number of nitrogens with zero attached hydrogens (tertiary/aromatic N) is 1. The molecule has 0 N–H and O–H groups in total. The quantitative estimate of drug-likeness (QED) is 0.800. The molecule has 0 atom stereocenters. The maximum absolute atomic E-state index is 12.6. The molecule has 0 aromatic heterocycles. The van der Waals surface area contributed by atoms with E-state index < -0.39 is 0 Å². The third-order valence-corrected chi connectivity index (χ3v) is 3.19. The van der Waals surface area contributed by atoms with Crippen LogP contribution in [0, 0.1) is 0 Å². The predicted molar refractivity (Wildman–Crippen MR) is 72.7 cm³/mol. The molecular weight excluding hydrogens is 222 g/mol. The fraction of sp³-hybridized carbons (Fsp3) is 0.188. The number of benzene rings is 2. The zero-order valence-corrected chi connectivity index (χ0v) is 10.1. The van der Waals surface area contributed by atoms with Crippen LogP contribution in [0.4, 0.5) is 5.69 Å². The van der Waals surface area contributed by atoms with Crippen molar-refractivity contribution in [3.8, 4) is 0 Å². The maximum atomic E-state index is 12.6. The number of rotatable bonds is 3. The van der Waals surface area contributed by atoms with Gasteiger partial charge in [-0.25, -0.2) is 0 Å². The molecule has 0 unspecified atom stereocenters. The Hall–Kier alpha value is -2.09. The van der Waals surface area contributed by atoms with Crippen molar-refractivity contribution in [2.45, 2.75) is 18.9 Å². The van der Waals surface area contributed by atoms with Gasteiger partial charge in [0.2, 0.25) is 0 Å². The van der Waals surface area contributed by atoms with E-state index in [0.29, 0.717) is 6.04 Å². The molecule has 2 aromatic carbocycles. The van der Waals surface area contributed by atoms with E-state index in [1.54, 1.807) is 0 Å². The van der Waals surface area contributed by atoms with Crippen molar-refractivity contribution in [1.29, 1.82) is 0 Å². The lowest BCUT2D eigenvalue weighted by molar-refractivity contribution is 0.0985. The van der Waals surface area contributed by atoms with E-state index in [1.165, 1.54) is 0 Å². The Labute approximate surface area is 107 Å². The van der Waals surface area contributed by atoms with Crippen LogP contribution in [0.5, 0.6) is 0 Å². The van der Waals surface area contributed by atoms with Gasteiger partial charge < -0.3 is 4.90 Å². The lowest BCUT2D eigenvalue weighted by Crippen LogP contribution is -2.32. The van der Waals surface area contributed by atoms with E-state index in [-0.39, 0.29) is 5.91 Å². The second-order valence-corrected chi connectivity index (χ2v) is 4.61. The Balaban J connectivity index is 1.94. The number of hydrogen-bond donors (Lipinski definition) is 0. The van der Waals surface area contributed by atoms with E-state index in [2.05, 4.69) is 0 Å². The van der Waals surface area contributed by atoms with Gasteiger partial charge in [0, 0.05) is 17.3 Å². The number of carbonyl (C=O) groups is 1. The van der Waals surface area contributed by atoms with Crippen LogP contribution in [-0.4, -0.2) is 11.9 Å². The zero-order valence-electron chi connectivity index (χ0n) is 10.1. The van der Waals surface area contributed by atoms with E-state index in [1.807, 2.05) is 65.6 Å². The molecule has 0 heterocycles. The molecule has 2 nitrogen and oxygen atoms in total. The molecule has 0 bridgehead atoms. The summed E-state index contributed by atoms with van der Waals surface area (Å²) in [4.78, 5) is 14.5. The molecule has 1 amide bonds. The molecule has 0 spiro atoms. The van der Waals surface area contributed by atoms with Gasteiger partial charge in [0.1, 0.15) is 0 Å². The largest absolute Gasteiger partial charge is 0.305 e. The van der Waals surface area contributed by atoms with Crippen LogP contribution in [0.2, 0.25) is 0 Å². The SMILES string of the molecule is O=C(c1ccccc1)N(c1ccccc1)C1CC1. The minimum Gasteiger partial charge on any atom is -0.305 e. The molecule has 90 valence electrons. The summed E-state index contributed by atoms with van der Waals surface area (Å²) in [6.07, 6.45) is 2.21. The number of hydrogen-bond acceptors (Lipinski definition) is 1. The highest BCUT2D eigenvalue weighted by Crippen LogP contribution is 2.32. The van der Waals surface area contributed by atoms with Crippen molar-refractivity contribution < 1.29 is 4.79 Å². The molecule has 0 radical (unpaired) electrons. The molecule has 1 saturated carbocycles. The number of anilines is 1. The summed E-state index contributed by atoms with van der Waals surface area (Å²) in [7, 11) is 0. The van der Waals surface area contributed by atoms with E-state index >= 15 is 0 Å². The van der Waals surface area contributed by atoms with Crippen molar-refractivity contribution in [3.63, 3.8) is 0 Å². The molecule has 1 aliphatic rings.